The average molecular weight is 145 g/mol. The Labute approximate surface area is 66.0 Å². The van der Waals surface area contributed by atoms with Crippen LogP contribution < -0.4 is 0 Å². The number of hydrogen-bond acceptors (Lipinski definition) is 1. The van der Waals surface area contributed by atoms with E-state index in [-0.39, 0.29) is 0 Å². The summed E-state index contributed by atoms with van der Waals surface area (Å²) in [5, 5.41) is 0. The van der Waals surface area contributed by atoms with Gasteiger partial charge in [-0.2, -0.15) is 0 Å². The molecule has 0 bridgehead atoms. The van der Waals surface area contributed by atoms with E-state index < -0.39 is 0 Å². The summed E-state index contributed by atoms with van der Waals surface area (Å²) in [5.41, 5.74) is 2.40. The van der Waals surface area contributed by atoms with Crippen molar-refractivity contribution in [3.05, 3.63) is 35.4 Å². The second-order valence-electron chi connectivity index (χ2n) is 2.89. The van der Waals surface area contributed by atoms with Crippen molar-refractivity contribution < 1.29 is 4.79 Å². The first-order chi connectivity index (χ1) is 5.36. The molecule has 0 aliphatic heterocycles. The van der Waals surface area contributed by atoms with Gasteiger partial charge < -0.3 is 0 Å². The van der Waals surface area contributed by atoms with Crippen molar-refractivity contribution in [1.82, 2.24) is 0 Å². The molecule has 0 amide bonds. The highest BCUT2D eigenvalue weighted by molar-refractivity contribution is 5.83. The summed E-state index contributed by atoms with van der Waals surface area (Å²) in [6.07, 6.45) is 2.20. The molecule has 1 aromatic carbocycles. The molecule has 0 saturated carbocycles. The van der Waals surface area contributed by atoms with E-state index in [1.807, 2.05) is 18.2 Å². The Kier molecular flexibility index (Phi) is 1.50. The lowest BCUT2D eigenvalue weighted by Gasteiger charge is -2.12. The lowest BCUT2D eigenvalue weighted by Crippen LogP contribution is -2.12. The van der Waals surface area contributed by atoms with E-state index in [9.17, 15) is 4.79 Å². The van der Waals surface area contributed by atoms with Gasteiger partial charge in [0.05, 0.1) is 0 Å². The van der Waals surface area contributed by atoms with E-state index in [0.29, 0.717) is 18.6 Å². The number of rotatable bonds is 0. The summed E-state index contributed by atoms with van der Waals surface area (Å²) >= 11 is 0. The number of benzene rings is 1. The molecule has 11 heavy (non-hydrogen) atoms. The SMILES string of the molecule is O=C1CCc2[c]cccc2C1. The molecule has 1 nitrogen and oxygen atoms in total. The molecular formula is C10H9O. The van der Waals surface area contributed by atoms with Gasteiger partial charge in [-0.05, 0) is 23.6 Å². The summed E-state index contributed by atoms with van der Waals surface area (Å²) in [6.45, 7) is 0. The number of aryl methyl sites for hydroxylation is 1. The third-order valence-corrected chi connectivity index (χ3v) is 2.08. The molecule has 2 rings (SSSR count). The highest BCUT2D eigenvalue weighted by Crippen LogP contribution is 2.17. The van der Waals surface area contributed by atoms with E-state index in [1.165, 1.54) is 11.1 Å². The van der Waals surface area contributed by atoms with Crippen molar-refractivity contribution in [2.45, 2.75) is 19.3 Å². The van der Waals surface area contributed by atoms with Crippen LogP contribution in [0.4, 0.5) is 0 Å². The standard InChI is InChI=1S/C10H9O/c11-10-6-5-8-3-1-2-4-9(8)7-10/h1-2,4H,5-7H2. The van der Waals surface area contributed by atoms with Crippen LogP contribution in [-0.2, 0) is 17.6 Å². The largest absolute Gasteiger partial charge is 0.299 e. The number of carbonyl (C=O) groups excluding carboxylic acids is 1. The highest BCUT2D eigenvalue weighted by atomic mass is 16.1. The monoisotopic (exact) mass is 145 g/mol. The molecule has 0 fully saturated rings. The van der Waals surface area contributed by atoms with Crippen molar-refractivity contribution in [3.63, 3.8) is 0 Å². The molecule has 1 heteroatoms. The Bertz CT molecular complexity index is 289. The molecule has 1 radical (unpaired) electrons. The number of ketones is 1. The lowest BCUT2D eigenvalue weighted by molar-refractivity contribution is -0.118. The van der Waals surface area contributed by atoms with E-state index in [2.05, 4.69) is 6.07 Å². The minimum absolute atomic E-state index is 0.358. The van der Waals surface area contributed by atoms with Gasteiger partial charge in [-0.3, -0.25) is 4.79 Å². The van der Waals surface area contributed by atoms with Gasteiger partial charge in [0, 0.05) is 12.8 Å². The van der Waals surface area contributed by atoms with E-state index in [0.717, 1.165) is 6.42 Å². The molecule has 0 atom stereocenters. The predicted octanol–water partition coefficient (Wildman–Crippen LogP) is 1.54. The van der Waals surface area contributed by atoms with Crippen molar-refractivity contribution in [3.8, 4) is 0 Å². The van der Waals surface area contributed by atoms with Crippen LogP contribution in [0.3, 0.4) is 0 Å². The van der Waals surface area contributed by atoms with Crippen molar-refractivity contribution in [2.24, 2.45) is 0 Å². The van der Waals surface area contributed by atoms with Crippen LogP contribution in [0.25, 0.3) is 0 Å². The molecule has 55 valence electrons. The van der Waals surface area contributed by atoms with Crippen LogP contribution in [0.2, 0.25) is 0 Å². The molecule has 0 unspecified atom stereocenters. The van der Waals surface area contributed by atoms with E-state index in [1.54, 1.807) is 0 Å². The minimum atomic E-state index is 0.358. The second-order valence-corrected chi connectivity index (χ2v) is 2.89. The molecule has 0 saturated heterocycles. The minimum Gasteiger partial charge on any atom is -0.299 e. The third-order valence-electron chi connectivity index (χ3n) is 2.08. The van der Waals surface area contributed by atoms with Gasteiger partial charge in [0.2, 0.25) is 0 Å². The zero-order valence-corrected chi connectivity index (χ0v) is 6.26. The summed E-state index contributed by atoms with van der Waals surface area (Å²) in [6, 6.07) is 9.03. The number of fused-ring (bicyclic) bond motifs is 1. The maximum atomic E-state index is 11.0. The fraction of sp³-hybridized carbons (Fsp3) is 0.300. The highest BCUT2D eigenvalue weighted by Gasteiger charge is 2.13. The second kappa shape index (κ2) is 2.50. The topological polar surface area (TPSA) is 17.1 Å². The lowest BCUT2D eigenvalue weighted by atomic mass is 9.91. The first-order valence-electron chi connectivity index (χ1n) is 3.86. The molecule has 0 aromatic heterocycles. The van der Waals surface area contributed by atoms with E-state index in [4.69, 9.17) is 0 Å². The zero-order chi connectivity index (χ0) is 7.68. The molecule has 0 heterocycles. The Hall–Kier alpha value is -1.11. The Morgan fingerprint density at radius 3 is 3.18 bits per heavy atom. The maximum absolute atomic E-state index is 11.0. The smallest absolute Gasteiger partial charge is 0.137 e. The van der Waals surface area contributed by atoms with E-state index >= 15 is 0 Å². The molecule has 1 aliphatic carbocycles. The van der Waals surface area contributed by atoms with Crippen LogP contribution in [0.1, 0.15) is 17.5 Å². The van der Waals surface area contributed by atoms with Crippen LogP contribution in [0.15, 0.2) is 18.2 Å². The third kappa shape index (κ3) is 1.18. The summed E-state index contributed by atoms with van der Waals surface area (Å²) in [4.78, 5) is 11.0. The zero-order valence-electron chi connectivity index (χ0n) is 6.26. The van der Waals surface area contributed by atoms with Crippen LogP contribution in [0.5, 0.6) is 0 Å². The first kappa shape index (κ1) is 6.59. The van der Waals surface area contributed by atoms with Gasteiger partial charge in [-0.25, -0.2) is 0 Å². The molecule has 0 spiro atoms. The van der Waals surface area contributed by atoms with Gasteiger partial charge in [-0.1, -0.05) is 18.2 Å². The molecule has 1 aromatic rings. The molecule has 1 aliphatic rings. The Morgan fingerprint density at radius 2 is 2.27 bits per heavy atom. The van der Waals surface area contributed by atoms with Crippen molar-refractivity contribution in [1.29, 1.82) is 0 Å². The van der Waals surface area contributed by atoms with Gasteiger partial charge in [0.15, 0.2) is 0 Å². The van der Waals surface area contributed by atoms with Crippen LogP contribution in [-0.4, -0.2) is 5.78 Å². The maximum Gasteiger partial charge on any atom is 0.137 e. The van der Waals surface area contributed by atoms with Crippen LogP contribution >= 0.6 is 0 Å². The predicted molar refractivity (Wildman–Crippen MR) is 42.3 cm³/mol. The van der Waals surface area contributed by atoms with Crippen molar-refractivity contribution in [2.75, 3.05) is 0 Å². The quantitative estimate of drug-likeness (QED) is 0.541. The Morgan fingerprint density at radius 1 is 1.36 bits per heavy atom. The number of carbonyl (C=O) groups is 1. The van der Waals surface area contributed by atoms with Crippen molar-refractivity contribution >= 4 is 5.78 Å². The number of Topliss-reactive ketones (excluding diaryl/α,β-unsaturated/α-hetero) is 1. The van der Waals surface area contributed by atoms with Gasteiger partial charge in [0.25, 0.3) is 0 Å². The van der Waals surface area contributed by atoms with Gasteiger partial charge >= 0.3 is 0 Å². The average Bonchev–Trinajstić information content (AvgIpc) is 2.04. The fourth-order valence-electron chi connectivity index (χ4n) is 1.47. The molecular weight excluding hydrogens is 136 g/mol. The summed E-state index contributed by atoms with van der Waals surface area (Å²) in [5.74, 6) is 0.358. The number of hydrogen-bond donors (Lipinski definition) is 0. The van der Waals surface area contributed by atoms with Crippen LogP contribution in [0, 0.1) is 6.07 Å². The summed E-state index contributed by atoms with van der Waals surface area (Å²) < 4.78 is 0. The Balaban J connectivity index is 2.41. The molecule has 0 N–H and O–H groups in total. The normalized spacial score (nSPS) is 16.2. The summed E-state index contributed by atoms with van der Waals surface area (Å²) in [7, 11) is 0. The first-order valence-corrected chi connectivity index (χ1v) is 3.86. The van der Waals surface area contributed by atoms with Gasteiger partial charge in [-0.15, -0.1) is 0 Å². The van der Waals surface area contributed by atoms with Gasteiger partial charge in [0.1, 0.15) is 5.78 Å². The fourth-order valence-corrected chi connectivity index (χ4v) is 1.47.